The van der Waals surface area contributed by atoms with Gasteiger partial charge in [-0.25, -0.2) is 0 Å². The molecule has 0 unspecified atom stereocenters. The minimum atomic E-state index is -0.727. The maximum Gasteiger partial charge on any atom is 0.261 e. The van der Waals surface area contributed by atoms with E-state index < -0.39 is 5.60 Å². The van der Waals surface area contributed by atoms with Gasteiger partial charge in [0.15, 0.2) is 6.61 Å². The van der Waals surface area contributed by atoms with E-state index in [2.05, 4.69) is 6.07 Å². The van der Waals surface area contributed by atoms with Gasteiger partial charge in [-0.3, -0.25) is 4.79 Å². The maximum atomic E-state index is 13.4. The van der Waals surface area contributed by atoms with Crippen LogP contribution < -0.4 is 9.47 Å². The van der Waals surface area contributed by atoms with Crippen molar-refractivity contribution < 1.29 is 19.4 Å². The lowest BCUT2D eigenvalue weighted by Gasteiger charge is -2.52. The van der Waals surface area contributed by atoms with Gasteiger partial charge >= 0.3 is 0 Å². The molecule has 2 aromatic carbocycles. The molecule has 2 fully saturated rings. The summed E-state index contributed by atoms with van der Waals surface area (Å²) in [6.07, 6.45) is 4.42. The van der Waals surface area contributed by atoms with Crippen molar-refractivity contribution in [2.75, 3.05) is 20.3 Å². The zero-order chi connectivity index (χ0) is 22.0. The van der Waals surface area contributed by atoms with Crippen molar-refractivity contribution >= 4 is 5.91 Å². The van der Waals surface area contributed by atoms with Crippen LogP contribution in [0.4, 0.5) is 0 Å². The van der Waals surface area contributed by atoms with Gasteiger partial charge in [-0.15, -0.1) is 0 Å². The quantitative estimate of drug-likeness (QED) is 0.764. The smallest absolute Gasteiger partial charge is 0.261 e. The number of likely N-dealkylation sites (tertiary alicyclic amines) is 1. The highest BCUT2D eigenvalue weighted by molar-refractivity contribution is 5.78. The van der Waals surface area contributed by atoms with Crippen LogP contribution in [0.1, 0.15) is 54.8 Å². The summed E-state index contributed by atoms with van der Waals surface area (Å²) in [4.78, 5) is 15.3. The number of carbonyl (C=O) groups is 1. The fourth-order valence-electron chi connectivity index (χ4n) is 5.50. The van der Waals surface area contributed by atoms with Crippen LogP contribution in [0.3, 0.4) is 0 Å². The maximum absolute atomic E-state index is 13.4. The Kier molecular flexibility index (Phi) is 6.24. The number of methoxy groups -OCH3 is 1. The third-order valence-electron chi connectivity index (χ3n) is 6.90. The molecular weight excluding hydrogens is 390 g/mol. The number of ether oxygens (including phenoxy) is 2. The number of piperidine rings is 1. The molecule has 0 spiro atoms. The average molecular weight is 424 g/mol. The number of fused-ring (bicyclic) bond motifs is 1. The second kappa shape index (κ2) is 8.91. The normalized spacial score (nSPS) is 25.6. The molecule has 1 N–H and O–H groups in total. The van der Waals surface area contributed by atoms with Crippen LogP contribution in [0.25, 0.3) is 0 Å². The van der Waals surface area contributed by atoms with Crippen LogP contribution in [-0.4, -0.2) is 41.8 Å². The Morgan fingerprint density at radius 2 is 1.87 bits per heavy atom. The largest absolute Gasteiger partial charge is 0.496 e. The van der Waals surface area contributed by atoms with Gasteiger partial charge in [0.2, 0.25) is 0 Å². The highest BCUT2D eigenvalue weighted by atomic mass is 16.5. The van der Waals surface area contributed by atoms with Crippen LogP contribution in [0.2, 0.25) is 0 Å². The van der Waals surface area contributed by atoms with Gasteiger partial charge in [0, 0.05) is 18.0 Å². The first-order chi connectivity index (χ1) is 14.9. The van der Waals surface area contributed by atoms with Crippen LogP contribution in [0.15, 0.2) is 42.5 Å². The van der Waals surface area contributed by atoms with Crippen molar-refractivity contribution in [2.45, 2.75) is 57.6 Å². The van der Waals surface area contributed by atoms with Gasteiger partial charge in [-0.2, -0.15) is 0 Å². The summed E-state index contributed by atoms with van der Waals surface area (Å²) in [5.41, 5.74) is 2.46. The van der Waals surface area contributed by atoms with E-state index in [4.69, 9.17) is 9.47 Å². The predicted octanol–water partition coefficient (Wildman–Crippen LogP) is 4.59. The van der Waals surface area contributed by atoms with Gasteiger partial charge in [0.05, 0.1) is 18.8 Å². The van der Waals surface area contributed by atoms with E-state index in [0.29, 0.717) is 18.7 Å². The molecule has 0 bridgehead atoms. The van der Waals surface area contributed by atoms with Crippen LogP contribution in [-0.2, 0) is 4.79 Å². The fourth-order valence-corrected chi connectivity index (χ4v) is 5.50. The van der Waals surface area contributed by atoms with Gasteiger partial charge in [0.1, 0.15) is 11.5 Å². The molecule has 1 saturated carbocycles. The first-order valence-electron chi connectivity index (χ1n) is 11.3. The number of aryl methyl sites for hydroxylation is 2. The molecule has 1 aliphatic heterocycles. The predicted molar refractivity (Wildman–Crippen MR) is 120 cm³/mol. The van der Waals surface area contributed by atoms with Crippen LogP contribution >= 0.6 is 0 Å². The van der Waals surface area contributed by atoms with Crippen molar-refractivity contribution in [1.29, 1.82) is 0 Å². The molecule has 5 nitrogen and oxygen atoms in total. The monoisotopic (exact) mass is 423 g/mol. The summed E-state index contributed by atoms with van der Waals surface area (Å²) in [5, 5.41) is 11.4. The molecule has 1 heterocycles. The Hall–Kier alpha value is -2.53. The molecule has 31 heavy (non-hydrogen) atoms. The molecular formula is C26H33NO4. The minimum Gasteiger partial charge on any atom is -0.496 e. The van der Waals surface area contributed by atoms with Crippen molar-refractivity contribution in [3.05, 3.63) is 59.2 Å². The van der Waals surface area contributed by atoms with E-state index >= 15 is 0 Å². The molecule has 2 aromatic rings. The zero-order valence-corrected chi connectivity index (χ0v) is 18.8. The Balaban J connectivity index is 1.62. The molecule has 0 radical (unpaired) electrons. The Labute approximate surface area is 185 Å². The number of aliphatic hydroxyl groups is 1. The van der Waals surface area contributed by atoms with Gasteiger partial charge < -0.3 is 19.5 Å². The van der Waals surface area contributed by atoms with Crippen molar-refractivity contribution in [3.63, 3.8) is 0 Å². The second-order valence-electron chi connectivity index (χ2n) is 9.09. The average Bonchev–Trinajstić information content (AvgIpc) is 2.75. The Bertz CT molecular complexity index is 923. The van der Waals surface area contributed by atoms with Crippen LogP contribution in [0, 0.1) is 19.8 Å². The number of nitrogens with zero attached hydrogens (tertiary/aromatic N) is 1. The van der Waals surface area contributed by atoms with E-state index in [0.717, 1.165) is 48.1 Å². The van der Waals surface area contributed by atoms with E-state index in [9.17, 15) is 9.90 Å². The van der Waals surface area contributed by atoms with Crippen molar-refractivity contribution in [2.24, 2.45) is 5.92 Å². The summed E-state index contributed by atoms with van der Waals surface area (Å²) in [7, 11) is 1.66. The fraction of sp³-hybridized carbons (Fsp3) is 0.500. The SMILES string of the molecule is COc1ccccc1[C@H]1[C@@H]2CCCC[C@]2(O)CCN1C(=O)COc1cc(C)cc(C)c1. The topological polar surface area (TPSA) is 59.0 Å². The summed E-state index contributed by atoms with van der Waals surface area (Å²) in [6.45, 7) is 4.55. The molecule has 2 aliphatic rings. The number of para-hydroxylation sites is 1. The van der Waals surface area contributed by atoms with Crippen LogP contribution in [0.5, 0.6) is 11.5 Å². The Morgan fingerprint density at radius 1 is 1.13 bits per heavy atom. The highest BCUT2D eigenvalue weighted by Gasteiger charge is 2.50. The number of amides is 1. The standard InChI is InChI=1S/C26H33NO4/c1-18-14-19(2)16-20(15-18)31-17-24(28)27-13-12-26(29)11-7-6-9-22(26)25(27)21-8-4-5-10-23(21)30-3/h4-5,8,10,14-16,22,25,29H,6-7,9,11-13,17H2,1-3H3/t22-,25-,26-/m0/s1. The molecule has 3 atom stereocenters. The number of rotatable bonds is 5. The third-order valence-corrected chi connectivity index (χ3v) is 6.90. The summed E-state index contributed by atoms with van der Waals surface area (Å²) >= 11 is 0. The minimum absolute atomic E-state index is 0.00327. The summed E-state index contributed by atoms with van der Waals surface area (Å²) < 4.78 is 11.5. The van der Waals surface area contributed by atoms with E-state index in [1.807, 2.05) is 55.1 Å². The van der Waals surface area contributed by atoms with E-state index in [1.165, 1.54) is 0 Å². The second-order valence-corrected chi connectivity index (χ2v) is 9.09. The number of benzene rings is 2. The van der Waals surface area contributed by atoms with E-state index in [1.54, 1.807) is 7.11 Å². The molecule has 1 aliphatic carbocycles. The van der Waals surface area contributed by atoms with Crippen molar-refractivity contribution in [1.82, 2.24) is 4.90 Å². The zero-order valence-electron chi connectivity index (χ0n) is 18.8. The molecule has 1 amide bonds. The molecule has 166 valence electrons. The lowest BCUT2D eigenvalue weighted by atomic mass is 9.66. The Morgan fingerprint density at radius 3 is 2.61 bits per heavy atom. The molecule has 0 aromatic heterocycles. The lowest BCUT2D eigenvalue weighted by molar-refractivity contribution is -0.157. The van der Waals surface area contributed by atoms with E-state index in [-0.39, 0.29) is 24.5 Å². The third kappa shape index (κ3) is 4.42. The molecule has 5 heteroatoms. The first kappa shape index (κ1) is 21.7. The van der Waals surface area contributed by atoms with Crippen molar-refractivity contribution in [3.8, 4) is 11.5 Å². The van der Waals surface area contributed by atoms with Gasteiger partial charge in [-0.05, 0) is 62.4 Å². The number of hydrogen-bond donors (Lipinski definition) is 1. The van der Waals surface area contributed by atoms with Gasteiger partial charge in [0.25, 0.3) is 5.91 Å². The highest BCUT2D eigenvalue weighted by Crippen LogP contribution is 2.50. The summed E-state index contributed by atoms with van der Waals surface area (Å²) in [6, 6.07) is 13.6. The molecule has 1 saturated heterocycles. The number of hydrogen-bond acceptors (Lipinski definition) is 4. The first-order valence-corrected chi connectivity index (χ1v) is 11.3. The summed E-state index contributed by atoms with van der Waals surface area (Å²) in [5.74, 6) is 1.42. The number of carbonyl (C=O) groups excluding carboxylic acids is 1. The lowest BCUT2D eigenvalue weighted by Crippen LogP contribution is -2.57. The van der Waals surface area contributed by atoms with Gasteiger partial charge in [-0.1, -0.05) is 37.1 Å². The molecule has 4 rings (SSSR count).